The Morgan fingerprint density at radius 3 is 2.50 bits per heavy atom. The lowest BCUT2D eigenvalue weighted by Crippen LogP contribution is -2.46. The Bertz CT molecular complexity index is 169. The average molecular weight is 214 g/mol. The molecular weight excluding hydrogens is 192 g/mol. The molecule has 2 nitrogen and oxygen atoms in total. The minimum absolute atomic E-state index is 0.410. The predicted molar refractivity (Wildman–Crippen MR) is 65.8 cm³/mol. The average Bonchev–Trinajstić information content (AvgIpc) is 2.26. The first kappa shape index (κ1) is 11.9. The molecule has 0 radical (unpaired) electrons. The van der Waals surface area contributed by atoms with Gasteiger partial charge in [0.05, 0.1) is 11.0 Å². The van der Waals surface area contributed by atoms with Crippen LogP contribution in [0.5, 0.6) is 0 Å². The first-order valence-corrected chi connectivity index (χ1v) is 6.16. The molecule has 0 aromatic rings. The largest absolute Gasteiger partial charge is 0.365 e. The summed E-state index contributed by atoms with van der Waals surface area (Å²) in [6.45, 7) is 4.55. The molecule has 0 saturated carbocycles. The van der Waals surface area contributed by atoms with Gasteiger partial charge < -0.3 is 10.2 Å². The Balaban J connectivity index is 2.43. The fourth-order valence-corrected chi connectivity index (χ4v) is 2.43. The fourth-order valence-electron chi connectivity index (χ4n) is 2.01. The van der Waals surface area contributed by atoms with E-state index in [0.29, 0.717) is 6.04 Å². The molecule has 1 heterocycles. The molecule has 1 rings (SSSR count). The van der Waals surface area contributed by atoms with Gasteiger partial charge in [-0.25, -0.2) is 0 Å². The van der Waals surface area contributed by atoms with E-state index in [9.17, 15) is 0 Å². The lowest BCUT2D eigenvalue weighted by atomic mass is 10.1. The number of thiocarbonyl (C=S) groups is 1. The number of hydrogen-bond donors (Lipinski definition) is 1. The van der Waals surface area contributed by atoms with Crippen LogP contribution in [0.15, 0.2) is 0 Å². The third kappa shape index (κ3) is 3.21. The van der Waals surface area contributed by atoms with E-state index in [1.54, 1.807) is 0 Å². The van der Waals surface area contributed by atoms with Crippen LogP contribution in [-0.2, 0) is 0 Å². The van der Waals surface area contributed by atoms with E-state index in [1.807, 2.05) is 7.05 Å². The molecule has 0 aromatic carbocycles. The molecular formula is C11H22N2S. The van der Waals surface area contributed by atoms with Crippen molar-refractivity contribution in [2.45, 2.75) is 45.1 Å². The highest BCUT2D eigenvalue weighted by Gasteiger charge is 2.19. The maximum Gasteiger partial charge on any atom is 0.0951 e. The first-order chi connectivity index (χ1) is 6.79. The SMILES string of the molecule is CCCC(NC)C(=S)N1CCCCC1. The maximum atomic E-state index is 5.52. The van der Waals surface area contributed by atoms with Crippen molar-refractivity contribution in [2.24, 2.45) is 0 Å². The Hall–Kier alpha value is -0.150. The molecule has 1 N–H and O–H groups in total. The van der Waals surface area contributed by atoms with Gasteiger partial charge in [-0.3, -0.25) is 0 Å². The van der Waals surface area contributed by atoms with Gasteiger partial charge in [0.2, 0.25) is 0 Å². The van der Waals surface area contributed by atoms with E-state index in [-0.39, 0.29) is 0 Å². The molecule has 0 aliphatic carbocycles. The van der Waals surface area contributed by atoms with Crippen molar-refractivity contribution < 1.29 is 0 Å². The number of rotatable bonds is 4. The second-order valence-electron chi connectivity index (χ2n) is 4.02. The van der Waals surface area contributed by atoms with Gasteiger partial charge in [0.25, 0.3) is 0 Å². The summed E-state index contributed by atoms with van der Waals surface area (Å²) in [5.74, 6) is 0. The Morgan fingerprint density at radius 2 is 2.00 bits per heavy atom. The van der Waals surface area contributed by atoms with Gasteiger partial charge in [0.15, 0.2) is 0 Å². The third-order valence-corrected chi connectivity index (χ3v) is 3.43. The summed E-state index contributed by atoms with van der Waals surface area (Å²) in [6.07, 6.45) is 6.34. The molecule has 14 heavy (non-hydrogen) atoms. The van der Waals surface area contributed by atoms with Crippen LogP contribution in [0.4, 0.5) is 0 Å². The van der Waals surface area contributed by atoms with Gasteiger partial charge in [0.1, 0.15) is 0 Å². The predicted octanol–water partition coefficient (Wildman–Crippen LogP) is 2.19. The molecule has 1 aliphatic rings. The molecule has 3 heteroatoms. The quantitative estimate of drug-likeness (QED) is 0.722. The van der Waals surface area contributed by atoms with E-state index in [1.165, 1.54) is 38.8 Å². The highest BCUT2D eigenvalue weighted by Crippen LogP contribution is 2.12. The molecule has 82 valence electrons. The zero-order valence-corrected chi connectivity index (χ0v) is 10.2. The Kier molecular flexibility index (Phi) is 5.41. The van der Waals surface area contributed by atoms with Gasteiger partial charge in [-0.2, -0.15) is 0 Å². The molecule has 0 aromatic heterocycles. The smallest absolute Gasteiger partial charge is 0.0951 e. The standard InChI is InChI=1S/C11H22N2S/c1-3-7-10(12-2)11(14)13-8-5-4-6-9-13/h10,12H,3-9H2,1-2H3. The second kappa shape index (κ2) is 6.36. The van der Waals surface area contributed by atoms with Gasteiger partial charge in [-0.05, 0) is 32.7 Å². The van der Waals surface area contributed by atoms with E-state index in [0.717, 1.165) is 11.4 Å². The summed E-state index contributed by atoms with van der Waals surface area (Å²) in [7, 11) is 2.01. The second-order valence-corrected chi connectivity index (χ2v) is 4.43. The van der Waals surface area contributed by atoms with Crippen LogP contribution >= 0.6 is 12.2 Å². The summed E-state index contributed by atoms with van der Waals surface area (Å²) in [5, 5.41) is 3.32. The lowest BCUT2D eigenvalue weighted by Gasteiger charge is -2.32. The highest BCUT2D eigenvalue weighted by molar-refractivity contribution is 7.80. The Labute approximate surface area is 93.1 Å². The summed E-state index contributed by atoms with van der Waals surface area (Å²) < 4.78 is 0. The van der Waals surface area contributed by atoms with Gasteiger partial charge in [0, 0.05) is 13.1 Å². The van der Waals surface area contributed by atoms with Crippen LogP contribution in [0.2, 0.25) is 0 Å². The first-order valence-electron chi connectivity index (χ1n) is 5.75. The molecule has 0 bridgehead atoms. The Morgan fingerprint density at radius 1 is 1.36 bits per heavy atom. The lowest BCUT2D eigenvalue weighted by molar-refractivity contribution is 0.333. The van der Waals surface area contributed by atoms with E-state index in [4.69, 9.17) is 12.2 Å². The number of piperidine rings is 1. The van der Waals surface area contributed by atoms with Gasteiger partial charge in [-0.1, -0.05) is 25.6 Å². The van der Waals surface area contributed by atoms with E-state index in [2.05, 4.69) is 17.1 Å². The van der Waals surface area contributed by atoms with Crippen LogP contribution in [-0.4, -0.2) is 36.1 Å². The minimum Gasteiger partial charge on any atom is -0.365 e. The number of nitrogens with zero attached hydrogens (tertiary/aromatic N) is 1. The van der Waals surface area contributed by atoms with Gasteiger partial charge >= 0.3 is 0 Å². The van der Waals surface area contributed by atoms with Crippen molar-refractivity contribution in [3.05, 3.63) is 0 Å². The van der Waals surface area contributed by atoms with Crippen LogP contribution in [0.1, 0.15) is 39.0 Å². The minimum atomic E-state index is 0.410. The van der Waals surface area contributed by atoms with E-state index < -0.39 is 0 Å². The summed E-state index contributed by atoms with van der Waals surface area (Å²) in [4.78, 5) is 3.52. The maximum absolute atomic E-state index is 5.52. The molecule has 1 aliphatic heterocycles. The van der Waals surface area contributed by atoms with Crippen molar-refractivity contribution >= 4 is 17.2 Å². The molecule has 1 atom stereocenters. The van der Waals surface area contributed by atoms with Crippen molar-refractivity contribution in [3.63, 3.8) is 0 Å². The topological polar surface area (TPSA) is 15.3 Å². The zero-order chi connectivity index (χ0) is 10.4. The summed E-state index contributed by atoms with van der Waals surface area (Å²) in [5.41, 5.74) is 0. The summed E-state index contributed by atoms with van der Waals surface area (Å²) >= 11 is 5.52. The number of nitrogens with one attached hydrogen (secondary N) is 1. The van der Waals surface area contributed by atoms with Crippen molar-refractivity contribution in [2.75, 3.05) is 20.1 Å². The van der Waals surface area contributed by atoms with Gasteiger partial charge in [-0.15, -0.1) is 0 Å². The normalized spacial score (nSPS) is 19.4. The number of hydrogen-bond acceptors (Lipinski definition) is 2. The number of likely N-dealkylation sites (tertiary alicyclic amines) is 1. The molecule has 1 unspecified atom stereocenters. The van der Waals surface area contributed by atoms with Crippen molar-refractivity contribution in [3.8, 4) is 0 Å². The van der Waals surface area contributed by atoms with Crippen LogP contribution in [0.25, 0.3) is 0 Å². The van der Waals surface area contributed by atoms with Crippen LogP contribution in [0.3, 0.4) is 0 Å². The van der Waals surface area contributed by atoms with Crippen molar-refractivity contribution in [1.82, 2.24) is 10.2 Å². The van der Waals surface area contributed by atoms with E-state index >= 15 is 0 Å². The van der Waals surface area contributed by atoms with Crippen LogP contribution < -0.4 is 5.32 Å². The third-order valence-electron chi connectivity index (χ3n) is 2.89. The molecule has 1 fully saturated rings. The molecule has 0 amide bonds. The zero-order valence-electron chi connectivity index (χ0n) is 9.38. The molecule has 1 saturated heterocycles. The van der Waals surface area contributed by atoms with Crippen LogP contribution in [0, 0.1) is 0 Å². The highest BCUT2D eigenvalue weighted by atomic mass is 32.1. The van der Waals surface area contributed by atoms with Crippen molar-refractivity contribution in [1.29, 1.82) is 0 Å². The monoisotopic (exact) mass is 214 g/mol. The summed E-state index contributed by atoms with van der Waals surface area (Å²) in [6, 6.07) is 0.410. The molecule has 0 spiro atoms. The number of likely N-dealkylation sites (N-methyl/N-ethyl adjacent to an activating group) is 1. The fraction of sp³-hybridized carbons (Fsp3) is 0.909.